The number of methoxy groups -OCH3 is 1. The van der Waals surface area contributed by atoms with Gasteiger partial charge in [-0.05, 0) is 73.0 Å². The molecule has 31 heavy (non-hydrogen) atoms. The highest BCUT2D eigenvalue weighted by atomic mass is 35.5. The van der Waals surface area contributed by atoms with Crippen LogP contribution >= 0.6 is 23.2 Å². The van der Waals surface area contributed by atoms with Crippen molar-refractivity contribution in [2.24, 2.45) is 0 Å². The molecule has 0 atom stereocenters. The fourth-order valence-corrected chi connectivity index (χ4v) is 3.64. The number of hydrogen-bond donors (Lipinski definition) is 1. The zero-order valence-corrected chi connectivity index (χ0v) is 19.1. The van der Waals surface area contributed by atoms with E-state index in [1.54, 1.807) is 43.5 Å². The molecule has 1 N–H and O–H groups in total. The summed E-state index contributed by atoms with van der Waals surface area (Å²) in [6.45, 7) is 4.20. The standard InChI is InChI=1S/C25H23Cl2NO3/c1-16-11-17(2)13-19(12-16)28-25(29)10-8-18-7-9-23(24(14-18)30-3)31-15-20-21(26)5-4-6-22(20)27/h4-14H,15H2,1-3H3,(H,28,29). The zero-order chi connectivity index (χ0) is 22.4. The van der Waals surface area contributed by atoms with E-state index in [1.165, 1.54) is 6.08 Å². The Hall–Kier alpha value is -2.95. The summed E-state index contributed by atoms with van der Waals surface area (Å²) >= 11 is 12.4. The molecule has 0 saturated heterocycles. The Morgan fingerprint density at radius 2 is 1.65 bits per heavy atom. The Morgan fingerprint density at radius 3 is 2.29 bits per heavy atom. The molecule has 160 valence electrons. The van der Waals surface area contributed by atoms with Crippen LogP contribution in [0.2, 0.25) is 10.0 Å². The van der Waals surface area contributed by atoms with Gasteiger partial charge in [0.25, 0.3) is 0 Å². The number of aryl methyl sites for hydroxylation is 2. The fraction of sp³-hybridized carbons (Fsp3) is 0.160. The lowest BCUT2D eigenvalue weighted by Crippen LogP contribution is -2.08. The van der Waals surface area contributed by atoms with Gasteiger partial charge >= 0.3 is 0 Å². The zero-order valence-electron chi connectivity index (χ0n) is 17.5. The van der Waals surface area contributed by atoms with Crippen molar-refractivity contribution in [2.75, 3.05) is 12.4 Å². The van der Waals surface area contributed by atoms with Gasteiger partial charge in [-0.3, -0.25) is 4.79 Å². The lowest BCUT2D eigenvalue weighted by molar-refractivity contribution is -0.111. The summed E-state index contributed by atoms with van der Waals surface area (Å²) < 4.78 is 11.3. The van der Waals surface area contributed by atoms with Gasteiger partial charge in [-0.25, -0.2) is 0 Å². The third kappa shape index (κ3) is 6.27. The van der Waals surface area contributed by atoms with Crippen LogP contribution in [-0.4, -0.2) is 13.0 Å². The predicted molar refractivity (Wildman–Crippen MR) is 127 cm³/mol. The molecule has 3 aromatic rings. The molecule has 1 amide bonds. The monoisotopic (exact) mass is 455 g/mol. The lowest BCUT2D eigenvalue weighted by Gasteiger charge is -2.13. The van der Waals surface area contributed by atoms with E-state index in [0.29, 0.717) is 27.1 Å². The first-order valence-corrected chi connectivity index (χ1v) is 10.4. The topological polar surface area (TPSA) is 47.6 Å². The molecule has 0 spiro atoms. The maximum atomic E-state index is 12.3. The van der Waals surface area contributed by atoms with Crippen molar-refractivity contribution >= 4 is 40.9 Å². The highest BCUT2D eigenvalue weighted by Crippen LogP contribution is 2.31. The molecular weight excluding hydrogens is 433 g/mol. The van der Waals surface area contributed by atoms with Crippen molar-refractivity contribution in [1.29, 1.82) is 0 Å². The van der Waals surface area contributed by atoms with Gasteiger partial charge in [0.15, 0.2) is 11.5 Å². The number of carbonyl (C=O) groups excluding carboxylic acids is 1. The molecule has 0 aliphatic heterocycles. The first-order chi connectivity index (χ1) is 14.9. The maximum absolute atomic E-state index is 12.3. The minimum Gasteiger partial charge on any atom is -0.493 e. The molecule has 0 heterocycles. The van der Waals surface area contributed by atoms with Gasteiger partial charge in [-0.15, -0.1) is 0 Å². The van der Waals surface area contributed by atoms with E-state index in [9.17, 15) is 4.79 Å². The van der Waals surface area contributed by atoms with Crippen molar-refractivity contribution in [3.63, 3.8) is 0 Å². The number of carbonyl (C=O) groups is 1. The quantitative estimate of drug-likeness (QED) is 0.396. The molecule has 0 saturated carbocycles. The van der Waals surface area contributed by atoms with E-state index >= 15 is 0 Å². The van der Waals surface area contributed by atoms with Crippen LogP contribution in [0.1, 0.15) is 22.3 Å². The highest BCUT2D eigenvalue weighted by Gasteiger charge is 2.10. The second-order valence-corrected chi connectivity index (χ2v) is 7.91. The van der Waals surface area contributed by atoms with Crippen LogP contribution in [0.3, 0.4) is 0 Å². The highest BCUT2D eigenvalue weighted by molar-refractivity contribution is 6.35. The molecule has 0 radical (unpaired) electrons. The average Bonchev–Trinajstić information content (AvgIpc) is 2.71. The molecule has 3 rings (SSSR count). The van der Waals surface area contributed by atoms with Gasteiger partial charge < -0.3 is 14.8 Å². The minimum absolute atomic E-state index is 0.211. The summed E-state index contributed by atoms with van der Waals surface area (Å²) in [5.74, 6) is 0.882. The van der Waals surface area contributed by atoms with Gasteiger partial charge in [0.1, 0.15) is 6.61 Å². The molecule has 4 nitrogen and oxygen atoms in total. The maximum Gasteiger partial charge on any atom is 0.248 e. The number of benzene rings is 3. The summed E-state index contributed by atoms with van der Waals surface area (Å²) in [6, 6.07) is 16.6. The molecule has 0 unspecified atom stereocenters. The van der Waals surface area contributed by atoms with Crippen LogP contribution in [0.4, 0.5) is 5.69 Å². The summed E-state index contributed by atoms with van der Waals surface area (Å²) in [5, 5.41) is 3.96. The van der Waals surface area contributed by atoms with Crippen LogP contribution in [0, 0.1) is 13.8 Å². The summed E-state index contributed by atoms with van der Waals surface area (Å²) in [7, 11) is 1.56. The Balaban J connectivity index is 1.68. The van der Waals surface area contributed by atoms with E-state index < -0.39 is 0 Å². The van der Waals surface area contributed by atoms with E-state index in [4.69, 9.17) is 32.7 Å². The van der Waals surface area contributed by atoms with Crippen LogP contribution in [0.25, 0.3) is 6.08 Å². The largest absolute Gasteiger partial charge is 0.493 e. The molecule has 0 aromatic heterocycles. The SMILES string of the molecule is COc1cc(C=CC(=O)Nc2cc(C)cc(C)c2)ccc1OCc1c(Cl)cccc1Cl. The number of hydrogen-bond acceptors (Lipinski definition) is 3. The third-order valence-electron chi connectivity index (χ3n) is 4.54. The van der Waals surface area contributed by atoms with E-state index in [1.807, 2.05) is 32.0 Å². The third-order valence-corrected chi connectivity index (χ3v) is 5.25. The molecule has 0 aliphatic rings. The Kier molecular flexibility index (Phi) is 7.61. The van der Waals surface area contributed by atoms with Crippen LogP contribution in [0.5, 0.6) is 11.5 Å². The predicted octanol–water partition coefficient (Wildman–Crippen LogP) is 6.85. The van der Waals surface area contributed by atoms with Gasteiger partial charge in [0, 0.05) is 27.4 Å². The van der Waals surface area contributed by atoms with Gasteiger partial charge in [-0.1, -0.05) is 41.4 Å². The number of amides is 1. The molecule has 0 aliphatic carbocycles. The summed E-state index contributed by atoms with van der Waals surface area (Å²) in [6.07, 6.45) is 3.20. The number of anilines is 1. The first kappa shape index (κ1) is 22.7. The molecule has 0 fully saturated rings. The Bertz CT molecular complexity index is 1090. The Labute approximate surface area is 192 Å². The number of halogens is 2. The van der Waals surface area contributed by atoms with E-state index in [0.717, 1.165) is 22.4 Å². The number of ether oxygens (including phenoxy) is 2. The first-order valence-electron chi connectivity index (χ1n) is 9.67. The molecular formula is C25H23Cl2NO3. The summed E-state index contributed by atoms with van der Waals surface area (Å²) in [4.78, 5) is 12.3. The summed E-state index contributed by atoms with van der Waals surface area (Å²) in [5.41, 5.74) is 4.47. The number of rotatable bonds is 7. The van der Waals surface area contributed by atoms with Crippen molar-refractivity contribution in [2.45, 2.75) is 20.5 Å². The van der Waals surface area contributed by atoms with E-state index in [2.05, 4.69) is 11.4 Å². The average molecular weight is 456 g/mol. The normalized spacial score (nSPS) is 10.9. The second kappa shape index (κ2) is 10.4. The van der Waals surface area contributed by atoms with Gasteiger partial charge in [0.05, 0.1) is 7.11 Å². The van der Waals surface area contributed by atoms with Crippen LogP contribution in [0.15, 0.2) is 60.7 Å². The second-order valence-electron chi connectivity index (χ2n) is 7.10. The molecule has 6 heteroatoms. The Morgan fingerprint density at radius 1 is 0.968 bits per heavy atom. The molecule has 0 bridgehead atoms. The van der Waals surface area contributed by atoms with Crippen molar-refractivity contribution in [3.05, 3.63) is 93.0 Å². The lowest BCUT2D eigenvalue weighted by atomic mass is 10.1. The van der Waals surface area contributed by atoms with Crippen LogP contribution < -0.4 is 14.8 Å². The van der Waals surface area contributed by atoms with Gasteiger partial charge in [-0.2, -0.15) is 0 Å². The molecule has 3 aromatic carbocycles. The minimum atomic E-state index is -0.211. The smallest absolute Gasteiger partial charge is 0.248 e. The van der Waals surface area contributed by atoms with Crippen LogP contribution in [-0.2, 0) is 11.4 Å². The van der Waals surface area contributed by atoms with Gasteiger partial charge in [0.2, 0.25) is 5.91 Å². The fourth-order valence-electron chi connectivity index (χ4n) is 3.13. The van der Waals surface area contributed by atoms with Crippen molar-refractivity contribution < 1.29 is 14.3 Å². The van der Waals surface area contributed by atoms with Crippen molar-refractivity contribution in [1.82, 2.24) is 0 Å². The van der Waals surface area contributed by atoms with E-state index in [-0.39, 0.29) is 12.5 Å². The van der Waals surface area contributed by atoms with Crippen molar-refractivity contribution in [3.8, 4) is 11.5 Å². The number of nitrogens with one attached hydrogen (secondary N) is 1.